The van der Waals surface area contributed by atoms with Gasteiger partial charge in [0.05, 0.1) is 6.61 Å². The predicted molar refractivity (Wildman–Crippen MR) is 114 cm³/mol. The molecule has 1 aromatic rings. The summed E-state index contributed by atoms with van der Waals surface area (Å²) in [6.45, 7) is 3.85. The van der Waals surface area contributed by atoms with Gasteiger partial charge in [0, 0.05) is 18.9 Å². The molecule has 0 spiro atoms. The molecule has 152 valence electrons. The van der Waals surface area contributed by atoms with Crippen LogP contribution in [0.15, 0.2) is 30.3 Å². The quantitative estimate of drug-likeness (QED) is 0.307. The molecule has 1 aliphatic rings. The minimum Gasteiger partial charge on any atom is -0.377 e. The number of unbranched alkanes of at least 4 members (excludes halogenated alkanes) is 7. The Kier molecular flexibility index (Phi) is 11.4. The number of hydrogen-bond acceptors (Lipinski definition) is 2. The molecule has 1 fully saturated rings. The van der Waals surface area contributed by atoms with Gasteiger partial charge in [-0.3, -0.25) is 4.79 Å². The number of Topliss-reactive ketones (excluding diaryl/α,β-unsaturated/α-hetero) is 1. The highest BCUT2D eigenvalue weighted by Crippen LogP contribution is 2.36. The minimum absolute atomic E-state index is 0.401. The fourth-order valence-corrected chi connectivity index (χ4v) is 4.42. The molecule has 0 amide bonds. The number of ether oxygens (including phenoxy) is 1. The van der Waals surface area contributed by atoms with Crippen molar-refractivity contribution in [2.45, 2.75) is 97.0 Å². The Balaban J connectivity index is 1.42. The molecule has 2 rings (SSSR count). The molecule has 2 nitrogen and oxygen atoms in total. The average molecular weight is 373 g/mol. The molecule has 2 atom stereocenters. The summed E-state index contributed by atoms with van der Waals surface area (Å²) in [7, 11) is 0. The number of ketones is 1. The number of carbonyl (C=O) groups is 1. The third kappa shape index (κ3) is 9.06. The average Bonchev–Trinajstić information content (AvgIpc) is 3.04. The van der Waals surface area contributed by atoms with E-state index in [4.69, 9.17) is 4.74 Å². The highest BCUT2D eigenvalue weighted by atomic mass is 16.5. The van der Waals surface area contributed by atoms with Crippen molar-refractivity contribution < 1.29 is 9.53 Å². The summed E-state index contributed by atoms with van der Waals surface area (Å²) in [6.07, 6.45) is 16.0. The molecule has 1 aromatic carbocycles. The highest BCUT2D eigenvalue weighted by molar-refractivity contribution is 5.83. The van der Waals surface area contributed by atoms with E-state index < -0.39 is 0 Å². The maximum Gasteiger partial charge on any atom is 0.136 e. The molecule has 0 radical (unpaired) electrons. The molecule has 0 N–H and O–H groups in total. The third-order valence-electron chi connectivity index (χ3n) is 6.09. The summed E-state index contributed by atoms with van der Waals surface area (Å²) in [5.41, 5.74) is 1.26. The Morgan fingerprint density at radius 1 is 0.889 bits per heavy atom. The van der Waals surface area contributed by atoms with Crippen LogP contribution in [0.1, 0.15) is 96.0 Å². The lowest BCUT2D eigenvalue weighted by Crippen LogP contribution is -2.14. The molecule has 0 heterocycles. The van der Waals surface area contributed by atoms with Crippen molar-refractivity contribution in [3.8, 4) is 0 Å². The summed E-state index contributed by atoms with van der Waals surface area (Å²) in [4.78, 5) is 12.1. The van der Waals surface area contributed by atoms with Crippen molar-refractivity contribution in [1.82, 2.24) is 0 Å². The van der Waals surface area contributed by atoms with E-state index in [9.17, 15) is 4.79 Å². The first-order chi connectivity index (χ1) is 13.3. The Labute approximate surface area is 167 Å². The van der Waals surface area contributed by atoms with Crippen LogP contribution in [0.4, 0.5) is 0 Å². The fraction of sp³-hybridized carbons (Fsp3) is 0.720. The molecule has 0 aromatic heterocycles. The SMILES string of the molecule is CCCCCC1C(=O)CCC1CCCCCCCCOCc1ccccc1. The van der Waals surface area contributed by atoms with Crippen molar-refractivity contribution in [2.75, 3.05) is 6.61 Å². The van der Waals surface area contributed by atoms with Crippen molar-refractivity contribution in [3.63, 3.8) is 0 Å². The predicted octanol–water partition coefficient (Wildman–Crippen LogP) is 7.11. The normalized spacial score (nSPS) is 19.7. The number of benzene rings is 1. The van der Waals surface area contributed by atoms with Gasteiger partial charge in [0.25, 0.3) is 0 Å². The van der Waals surface area contributed by atoms with Crippen LogP contribution in [-0.4, -0.2) is 12.4 Å². The maximum absolute atomic E-state index is 12.1. The molecule has 1 saturated carbocycles. The van der Waals surface area contributed by atoms with E-state index in [1.807, 2.05) is 6.07 Å². The van der Waals surface area contributed by atoms with Gasteiger partial charge >= 0.3 is 0 Å². The lowest BCUT2D eigenvalue weighted by Gasteiger charge is -2.18. The van der Waals surface area contributed by atoms with E-state index in [0.717, 1.165) is 32.5 Å². The molecular formula is C25H40O2. The second-order valence-corrected chi connectivity index (χ2v) is 8.32. The van der Waals surface area contributed by atoms with Gasteiger partial charge < -0.3 is 4.74 Å². The van der Waals surface area contributed by atoms with Crippen LogP contribution < -0.4 is 0 Å². The van der Waals surface area contributed by atoms with Crippen molar-refractivity contribution in [2.24, 2.45) is 11.8 Å². The van der Waals surface area contributed by atoms with Crippen LogP contribution in [0.5, 0.6) is 0 Å². The van der Waals surface area contributed by atoms with E-state index in [1.165, 1.54) is 69.8 Å². The zero-order chi connectivity index (χ0) is 19.2. The molecule has 1 aliphatic carbocycles. The molecular weight excluding hydrogens is 332 g/mol. The number of rotatable bonds is 15. The van der Waals surface area contributed by atoms with Crippen molar-refractivity contribution in [3.05, 3.63) is 35.9 Å². The highest BCUT2D eigenvalue weighted by Gasteiger charge is 2.33. The Morgan fingerprint density at radius 3 is 2.37 bits per heavy atom. The van der Waals surface area contributed by atoms with Gasteiger partial charge in [0.15, 0.2) is 0 Å². The first kappa shape index (κ1) is 22.1. The number of carbonyl (C=O) groups excluding carboxylic acids is 1. The van der Waals surface area contributed by atoms with Crippen LogP contribution in [0.2, 0.25) is 0 Å². The van der Waals surface area contributed by atoms with Crippen molar-refractivity contribution >= 4 is 5.78 Å². The van der Waals surface area contributed by atoms with Gasteiger partial charge in [-0.15, -0.1) is 0 Å². The molecule has 27 heavy (non-hydrogen) atoms. The summed E-state index contributed by atoms with van der Waals surface area (Å²) < 4.78 is 5.75. The summed E-state index contributed by atoms with van der Waals surface area (Å²) >= 11 is 0. The van der Waals surface area contributed by atoms with E-state index in [0.29, 0.717) is 17.6 Å². The van der Waals surface area contributed by atoms with Gasteiger partial charge in [-0.2, -0.15) is 0 Å². The van der Waals surface area contributed by atoms with Gasteiger partial charge in [0.1, 0.15) is 5.78 Å². The third-order valence-corrected chi connectivity index (χ3v) is 6.09. The van der Waals surface area contributed by atoms with E-state index in [2.05, 4.69) is 31.2 Å². The lowest BCUT2D eigenvalue weighted by molar-refractivity contribution is -0.121. The largest absolute Gasteiger partial charge is 0.377 e. The molecule has 0 bridgehead atoms. The van der Waals surface area contributed by atoms with E-state index in [1.54, 1.807) is 0 Å². The van der Waals surface area contributed by atoms with Crippen LogP contribution in [-0.2, 0) is 16.1 Å². The van der Waals surface area contributed by atoms with Crippen LogP contribution in [0, 0.1) is 11.8 Å². The second-order valence-electron chi connectivity index (χ2n) is 8.32. The topological polar surface area (TPSA) is 26.3 Å². The molecule has 0 saturated heterocycles. The van der Waals surface area contributed by atoms with E-state index in [-0.39, 0.29) is 0 Å². The zero-order valence-corrected chi connectivity index (χ0v) is 17.5. The smallest absolute Gasteiger partial charge is 0.136 e. The molecule has 2 unspecified atom stereocenters. The van der Waals surface area contributed by atoms with Crippen LogP contribution in [0.25, 0.3) is 0 Å². The Morgan fingerprint density at radius 2 is 1.59 bits per heavy atom. The van der Waals surface area contributed by atoms with E-state index >= 15 is 0 Å². The minimum atomic E-state index is 0.401. The summed E-state index contributed by atoms with van der Waals surface area (Å²) in [5, 5.41) is 0. The summed E-state index contributed by atoms with van der Waals surface area (Å²) in [6, 6.07) is 10.4. The maximum atomic E-state index is 12.1. The first-order valence-electron chi connectivity index (χ1n) is 11.5. The summed E-state index contributed by atoms with van der Waals surface area (Å²) in [5.74, 6) is 1.66. The molecule has 2 heteroatoms. The fourth-order valence-electron chi connectivity index (χ4n) is 4.42. The van der Waals surface area contributed by atoms with Crippen LogP contribution >= 0.6 is 0 Å². The molecule has 0 aliphatic heterocycles. The van der Waals surface area contributed by atoms with Gasteiger partial charge in [-0.05, 0) is 37.2 Å². The van der Waals surface area contributed by atoms with Gasteiger partial charge in [-0.25, -0.2) is 0 Å². The number of hydrogen-bond donors (Lipinski definition) is 0. The zero-order valence-electron chi connectivity index (χ0n) is 17.5. The van der Waals surface area contributed by atoms with Gasteiger partial charge in [0.2, 0.25) is 0 Å². The Hall–Kier alpha value is -1.15. The van der Waals surface area contributed by atoms with Gasteiger partial charge in [-0.1, -0.05) is 88.6 Å². The second kappa shape index (κ2) is 13.9. The van der Waals surface area contributed by atoms with Crippen LogP contribution in [0.3, 0.4) is 0 Å². The van der Waals surface area contributed by atoms with Crippen molar-refractivity contribution in [1.29, 1.82) is 0 Å². The standard InChI is InChI=1S/C25H40O2/c1-2-3-9-17-24-23(18-19-25(24)26)16-12-6-4-5-7-13-20-27-21-22-14-10-8-11-15-22/h8,10-11,14-15,23-24H,2-7,9,12-13,16-21H2,1H3. The first-order valence-corrected chi connectivity index (χ1v) is 11.5. The Bertz CT molecular complexity index is 496. The lowest BCUT2D eigenvalue weighted by atomic mass is 9.86. The monoisotopic (exact) mass is 372 g/mol.